The zero-order chi connectivity index (χ0) is 8.97. The van der Waals surface area contributed by atoms with Crippen LogP contribution in [0.25, 0.3) is 0 Å². The summed E-state index contributed by atoms with van der Waals surface area (Å²) in [4.78, 5) is 10.3. The van der Waals surface area contributed by atoms with Crippen molar-refractivity contribution in [3.63, 3.8) is 0 Å². The third kappa shape index (κ3) is 2.86. The van der Waals surface area contributed by atoms with Crippen LogP contribution in [-0.2, 0) is 4.79 Å². The Hall–Kier alpha value is -0.501. The van der Waals surface area contributed by atoms with Crippen LogP contribution in [0.1, 0.15) is 0 Å². The Morgan fingerprint density at radius 3 is 2.75 bits per heavy atom. The van der Waals surface area contributed by atoms with Gasteiger partial charge in [-0.25, -0.2) is 0 Å². The van der Waals surface area contributed by atoms with Gasteiger partial charge in [0.1, 0.15) is 0 Å². The van der Waals surface area contributed by atoms with Gasteiger partial charge in [0, 0.05) is 0 Å². The van der Waals surface area contributed by atoms with Crippen LogP contribution >= 0.6 is 11.6 Å². The Labute approximate surface area is 81.7 Å². The molecule has 0 aliphatic carbocycles. The van der Waals surface area contributed by atoms with Gasteiger partial charge >= 0.3 is 81.5 Å². The molecule has 0 amide bonds. The predicted octanol–water partition coefficient (Wildman–Crippen LogP) is 1.17. The average molecular weight is 250 g/mol. The van der Waals surface area contributed by atoms with Crippen molar-refractivity contribution in [2.75, 3.05) is 0 Å². The Balaban J connectivity index is 2.63. The van der Waals surface area contributed by atoms with Crippen molar-refractivity contribution in [1.29, 1.82) is 0 Å². The van der Waals surface area contributed by atoms with E-state index in [1.54, 1.807) is 6.07 Å². The van der Waals surface area contributed by atoms with Gasteiger partial charge < -0.3 is 0 Å². The molecule has 1 N–H and O–H groups in total. The third-order valence-corrected chi connectivity index (χ3v) is 3.99. The fraction of sp³-hybridized carbons (Fsp3) is 0.125. The van der Waals surface area contributed by atoms with Crippen LogP contribution in [0.3, 0.4) is 0 Å². The minimum absolute atomic E-state index is 0.0514. The van der Waals surface area contributed by atoms with E-state index in [-0.39, 0.29) is 20.3 Å². The van der Waals surface area contributed by atoms with E-state index in [1.165, 1.54) is 0 Å². The molecule has 0 saturated carbocycles. The van der Waals surface area contributed by atoms with Crippen LogP contribution < -0.4 is 4.46 Å². The molecule has 12 heavy (non-hydrogen) atoms. The summed E-state index contributed by atoms with van der Waals surface area (Å²) in [6, 6.07) is 7.35. The van der Waals surface area contributed by atoms with Gasteiger partial charge in [0.05, 0.1) is 0 Å². The molecular formula is C8H7ClO2Se. The summed E-state index contributed by atoms with van der Waals surface area (Å²) < 4.78 is 0.953. The molecule has 1 rings (SSSR count). The first-order valence-electron chi connectivity index (χ1n) is 3.29. The quantitative estimate of drug-likeness (QED) is 0.817. The molecule has 0 spiro atoms. The molecule has 0 fully saturated rings. The van der Waals surface area contributed by atoms with E-state index in [4.69, 9.17) is 16.7 Å². The summed E-state index contributed by atoms with van der Waals surface area (Å²) in [5.41, 5.74) is 0. The van der Waals surface area contributed by atoms with Crippen molar-refractivity contribution in [1.82, 2.24) is 0 Å². The molecule has 0 radical (unpaired) electrons. The molecular weight excluding hydrogens is 242 g/mol. The Kier molecular flexibility index (Phi) is 3.60. The van der Waals surface area contributed by atoms with Gasteiger partial charge in [0.2, 0.25) is 0 Å². The van der Waals surface area contributed by atoms with Gasteiger partial charge in [-0.1, -0.05) is 0 Å². The van der Waals surface area contributed by atoms with Crippen molar-refractivity contribution < 1.29 is 9.90 Å². The number of benzene rings is 1. The summed E-state index contributed by atoms with van der Waals surface area (Å²) in [5, 5.41) is 9.29. The van der Waals surface area contributed by atoms with Crippen molar-refractivity contribution in [2.24, 2.45) is 0 Å². The maximum atomic E-state index is 10.3. The number of carboxylic acids is 1. The summed E-state index contributed by atoms with van der Waals surface area (Å²) >= 11 is 5.78. The van der Waals surface area contributed by atoms with Crippen molar-refractivity contribution in [3.05, 3.63) is 29.3 Å². The van der Waals surface area contributed by atoms with E-state index in [2.05, 4.69) is 0 Å². The molecule has 0 aliphatic rings. The molecule has 2 nitrogen and oxygen atoms in total. The SMILES string of the molecule is O=C(O)C[Se]c1ccccc1Cl. The Bertz CT molecular complexity index is 288. The molecule has 0 unspecified atom stereocenters. The molecule has 1 aromatic rings. The van der Waals surface area contributed by atoms with E-state index in [0.717, 1.165) is 4.46 Å². The van der Waals surface area contributed by atoms with Gasteiger partial charge in [0.25, 0.3) is 0 Å². The zero-order valence-electron chi connectivity index (χ0n) is 6.16. The number of hydrogen-bond donors (Lipinski definition) is 1. The summed E-state index contributed by atoms with van der Waals surface area (Å²) in [7, 11) is 0. The first kappa shape index (κ1) is 9.59. The molecule has 0 aromatic heterocycles. The van der Waals surface area contributed by atoms with Gasteiger partial charge in [0.15, 0.2) is 0 Å². The first-order chi connectivity index (χ1) is 5.70. The fourth-order valence-corrected chi connectivity index (χ4v) is 2.50. The zero-order valence-corrected chi connectivity index (χ0v) is 8.63. The molecule has 0 saturated heterocycles. The van der Waals surface area contributed by atoms with Gasteiger partial charge in [-0.15, -0.1) is 0 Å². The maximum absolute atomic E-state index is 10.3. The second-order valence-electron chi connectivity index (χ2n) is 2.11. The Morgan fingerprint density at radius 2 is 2.17 bits per heavy atom. The molecule has 0 heterocycles. The second-order valence-corrected chi connectivity index (χ2v) is 4.65. The van der Waals surface area contributed by atoms with Gasteiger partial charge in [-0.2, -0.15) is 0 Å². The van der Waals surface area contributed by atoms with E-state index in [9.17, 15) is 4.79 Å². The van der Waals surface area contributed by atoms with E-state index in [0.29, 0.717) is 5.02 Å². The van der Waals surface area contributed by atoms with Crippen LogP contribution in [-0.4, -0.2) is 26.0 Å². The fourth-order valence-electron chi connectivity index (χ4n) is 0.701. The number of carboxylic acid groups (broad SMARTS) is 1. The average Bonchev–Trinajstić information content (AvgIpc) is 2.03. The third-order valence-electron chi connectivity index (χ3n) is 1.19. The second kappa shape index (κ2) is 4.51. The number of aliphatic carboxylic acids is 1. The predicted molar refractivity (Wildman–Crippen MR) is 49.3 cm³/mol. The van der Waals surface area contributed by atoms with E-state index < -0.39 is 5.97 Å². The summed E-state index contributed by atoms with van der Waals surface area (Å²) in [6.07, 6.45) is 0. The number of carbonyl (C=O) groups is 1. The van der Waals surface area contributed by atoms with Gasteiger partial charge in [-0.3, -0.25) is 0 Å². The molecule has 64 valence electrons. The van der Waals surface area contributed by atoms with E-state index in [1.807, 2.05) is 18.2 Å². The molecule has 0 aliphatic heterocycles. The molecule has 0 bridgehead atoms. The molecule has 1 aromatic carbocycles. The van der Waals surface area contributed by atoms with Crippen LogP contribution in [0.15, 0.2) is 24.3 Å². The van der Waals surface area contributed by atoms with Gasteiger partial charge in [-0.05, 0) is 0 Å². The van der Waals surface area contributed by atoms with Crippen LogP contribution in [0.4, 0.5) is 0 Å². The summed E-state index contributed by atoms with van der Waals surface area (Å²) in [5.74, 6) is -0.769. The number of halogens is 1. The normalized spacial score (nSPS) is 9.75. The topological polar surface area (TPSA) is 37.3 Å². The van der Waals surface area contributed by atoms with Crippen molar-refractivity contribution >= 4 is 37.0 Å². The monoisotopic (exact) mass is 250 g/mol. The number of rotatable bonds is 3. The number of hydrogen-bond acceptors (Lipinski definition) is 1. The first-order valence-corrected chi connectivity index (χ1v) is 5.74. The molecule has 0 atom stereocenters. The molecule has 4 heteroatoms. The van der Waals surface area contributed by atoms with Crippen molar-refractivity contribution in [2.45, 2.75) is 5.32 Å². The standard InChI is InChI=1S/C8H7ClO2Se/c9-6-3-1-2-4-7(6)12-5-8(10)11/h1-4H,5H2,(H,10,11). The summed E-state index contributed by atoms with van der Waals surface area (Å²) in [6.45, 7) is 0. The van der Waals surface area contributed by atoms with Crippen molar-refractivity contribution in [3.8, 4) is 0 Å². The van der Waals surface area contributed by atoms with Crippen LogP contribution in [0, 0.1) is 0 Å². The minimum atomic E-state index is -0.769. The van der Waals surface area contributed by atoms with E-state index >= 15 is 0 Å². The van der Waals surface area contributed by atoms with Crippen LogP contribution in [0.5, 0.6) is 0 Å². The Morgan fingerprint density at radius 1 is 1.50 bits per heavy atom. The van der Waals surface area contributed by atoms with Crippen LogP contribution in [0.2, 0.25) is 10.3 Å².